The van der Waals surface area contributed by atoms with Gasteiger partial charge in [-0.2, -0.15) is 5.10 Å². The highest BCUT2D eigenvalue weighted by atomic mass is 127. The van der Waals surface area contributed by atoms with Crippen LogP contribution >= 0.6 is 24.0 Å². The number of likely N-dealkylation sites (N-methyl/N-ethyl adjacent to an activating group) is 1. The van der Waals surface area contributed by atoms with Gasteiger partial charge in [-0.15, -0.1) is 24.0 Å². The number of guanidine groups is 1. The summed E-state index contributed by atoms with van der Waals surface area (Å²) in [4.78, 5) is 9.66. The number of aryl methyl sites for hydroxylation is 1. The van der Waals surface area contributed by atoms with Gasteiger partial charge in [0.1, 0.15) is 6.10 Å². The molecular weight excluding hydrogens is 431 g/mol. The van der Waals surface area contributed by atoms with E-state index in [1.54, 1.807) is 0 Å². The van der Waals surface area contributed by atoms with Gasteiger partial charge in [-0.1, -0.05) is 0 Å². The lowest BCUT2D eigenvalue weighted by Gasteiger charge is -2.35. The Morgan fingerprint density at radius 2 is 2.24 bits per heavy atom. The minimum absolute atomic E-state index is 0. The van der Waals surface area contributed by atoms with Crippen LogP contribution in [-0.2, 0) is 11.8 Å². The molecule has 1 aromatic heterocycles. The maximum absolute atomic E-state index is 5.94. The third kappa shape index (κ3) is 5.30. The molecule has 0 radical (unpaired) electrons. The molecule has 2 atom stereocenters. The van der Waals surface area contributed by atoms with E-state index >= 15 is 0 Å². The summed E-state index contributed by atoms with van der Waals surface area (Å²) in [7, 11) is 4.14. The summed E-state index contributed by atoms with van der Waals surface area (Å²) in [5.41, 5.74) is 1.13. The average Bonchev–Trinajstić information content (AvgIpc) is 3.20. The molecule has 2 aliphatic heterocycles. The lowest BCUT2D eigenvalue weighted by atomic mass is 10.1. The normalized spacial score (nSPS) is 25.1. The van der Waals surface area contributed by atoms with Crippen molar-refractivity contribution in [3.63, 3.8) is 0 Å². The van der Waals surface area contributed by atoms with E-state index in [9.17, 15) is 0 Å². The van der Waals surface area contributed by atoms with E-state index in [-0.39, 0.29) is 30.1 Å². The first-order chi connectivity index (χ1) is 11.7. The summed E-state index contributed by atoms with van der Waals surface area (Å²) in [6.45, 7) is 7.48. The molecule has 8 heteroatoms. The monoisotopic (exact) mass is 462 g/mol. The van der Waals surface area contributed by atoms with Crippen LogP contribution in [-0.4, -0.2) is 78.0 Å². The second-order valence-corrected chi connectivity index (χ2v) is 6.72. The molecule has 142 valence electrons. The van der Waals surface area contributed by atoms with Gasteiger partial charge >= 0.3 is 0 Å². The Labute approximate surface area is 167 Å². The van der Waals surface area contributed by atoms with E-state index in [2.05, 4.69) is 34.2 Å². The molecule has 2 unspecified atom stereocenters. The molecule has 0 bridgehead atoms. The van der Waals surface area contributed by atoms with E-state index in [4.69, 9.17) is 9.73 Å². The number of rotatable bonds is 4. The molecule has 7 nitrogen and oxygen atoms in total. The minimum atomic E-state index is 0. The fraction of sp³-hybridized carbons (Fsp3) is 0.765. The molecule has 2 fully saturated rings. The summed E-state index contributed by atoms with van der Waals surface area (Å²) in [5, 5.41) is 7.71. The first-order valence-corrected chi connectivity index (χ1v) is 9.01. The SMILES string of the molecule is CCNC(=NCC1CCCN1C)N1CCOC(c2cnn(C)c2)C1.I. The van der Waals surface area contributed by atoms with Gasteiger partial charge in [0.15, 0.2) is 5.96 Å². The van der Waals surface area contributed by atoms with Crippen molar-refractivity contribution in [3.8, 4) is 0 Å². The summed E-state index contributed by atoms with van der Waals surface area (Å²) in [6, 6.07) is 0.578. The third-order valence-corrected chi connectivity index (χ3v) is 4.92. The van der Waals surface area contributed by atoms with Crippen LogP contribution < -0.4 is 5.32 Å². The predicted octanol–water partition coefficient (Wildman–Crippen LogP) is 1.47. The number of likely N-dealkylation sites (tertiary alicyclic amines) is 1. The van der Waals surface area contributed by atoms with Gasteiger partial charge < -0.3 is 19.9 Å². The van der Waals surface area contributed by atoms with Crippen LogP contribution in [0.25, 0.3) is 0 Å². The van der Waals surface area contributed by atoms with Crippen LogP contribution in [0, 0.1) is 0 Å². The average molecular weight is 462 g/mol. The quantitative estimate of drug-likeness (QED) is 0.418. The Balaban J connectivity index is 0.00000225. The zero-order chi connectivity index (χ0) is 16.9. The molecule has 3 rings (SSSR count). The van der Waals surface area contributed by atoms with Gasteiger partial charge in [-0.3, -0.25) is 9.67 Å². The lowest BCUT2D eigenvalue weighted by molar-refractivity contribution is -0.00806. The number of aromatic nitrogens is 2. The molecule has 0 aliphatic carbocycles. The number of nitrogens with zero attached hydrogens (tertiary/aromatic N) is 5. The molecule has 2 aliphatic rings. The molecule has 1 N–H and O–H groups in total. The van der Waals surface area contributed by atoms with Crippen LogP contribution in [0.1, 0.15) is 31.4 Å². The van der Waals surface area contributed by atoms with Crippen molar-refractivity contribution in [3.05, 3.63) is 18.0 Å². The van der Waals surface area contributed by atoms with Crippen LogP contribution in [0.4, 0.5) is 0 Å². The van der Waals surface area contributed by atoms with E-state index in [1.165, 1.54) is 19.4 Å². The van der Waals surface area contributed by atoms with Gasteiger partial charge in [-0.05, 0) is 33.4 Å². The molecule has 0 amide bonds. The van der Waals surface area contributed by atoms with Crippen molar-refractivity contribution in [2.75, 3.05) is 46.4 Å². The molecule has 0 saturated carbocycles. The number of aliphatic imine (C=N–C) groups is 1. The van der Waals surface area contributed by atoms with Crippen molar-refractivity contribution in [1.29, 1.82) is 0 Å². The highest BCUT2D eigenvalue weighted by Gasteiger charge is 2.26. The molecule has 25 heavy (non-hydrogen) atoms. The number of halogens is 1. The Morgan fingerprint density at radius 3 is 2.88 bits per heavy atom. The highest BCUT2D eigenvalue weighted by Crippen LogP contribution is 2.22. The molecule has 3 heterocycles. The number of nitrogens with one attached hydrogen (secondary N) is 1. The van der Waals surface area contributed by atoms with Crippen LogP contribution in [0.2, 0.25) is 0 Å². The lowest BCUT2D eigenvalue weighted by Crippen LogP contribution is -2.48. The molecular formula is C17H31IN6O. The van der Waals surface area contributed by atoms with Gasteiger partial charge in [-0.25, -0.2) is 0 Å². The molecule has 2 saturated heterocycles. The van der Waals surface area contributed by atoms with Crippen LogP contribution in [0.5, 0.6) is 0 Å². The number of hydrogen-bond donors (Lipinski definition) is 1. The second kappa shape index (κ2) is 9.72. The molecule has 1 aromatic rings. The zero-order valence-electron chi connectivity index (χ0n) is 15.5. The van der Waals surface area contributed by atoms with Crippen molar-refractivity contribution < 1.29 is 4.74 Å². The standard InChI is InChI=1S/C17H30N6O.HI/c1-4-18-17(19-11-15-6-5-7-21(15)2)23-8-9-24-16(13-23)14-10-20-22(3)12-14;/h10,12,15-16H,4-9,11,13H2,1-3H3,(H,18,19);1H. The Morgan fingerprint density at radius 1 is 1.40 bits per heavy atom. The number of ether oxygens (including phenoxy) is 1. The predicted molar refractivity (Wildman–Crippen MR) is 111 cm³/mol. The van der Waals surface area contributed by atoms with E-state index in [0.717, 1.165) is 37.7 Å². The van der Waals surface area contributed by atoms with Crippen LogP contribution in [0.3, 0.4) is 0 Å². The number of morpholine rings is 1. The van der Waals surface area contributed by atoms with E-state index < -0.39 is 0 Å². The fourth-order valence-corrected chi connectivity index (χ4v) is 3.48. The van der Waals surface area contributed by atoms with Crippen molar-refractivity contribution >= 4 is 29.9 Å². The van der Waals surface area contributed by atoms with Gasteiger partial charge in [0, 0.05) is 37.9 Å². The maximum Gasteiger partial charge on any atom is 0.194 e. The summed E-state index contributed by atoms with van der Waals surface area (Å²) in [6.07, 6.45) is 6.53. The topological polar surface area (TPSA) is 57.9 Å². The largest absolute Gasteiger partial charge is 0.370 e. The van der Waals surface area contributed by atoms with Gasteiger partial charge in [0.2, 0.25) is 0 Å². The van der Waals surface area contributed by atoms with E-state index in [0.29, 0.717) is 12.6 Å². The summed E-state index contributed by atoms with van der Waals surface area (Å²) >= 11 is 0. The second-order valence-electron chi connectivity index (χ2n) is 6.72. The maximum atomic E-state index is 5.94. The van der Waals surface area contributed by atoms with Crippen LogP contribution in [0.15, 0.2) is 17.4 Å². The van der Waals surface area contributed by atoms with Gasteiger partial charge in [0.25, 0.3) is 0 Å². The Kier molecular flexibility index (Phi) is 7.95. The summed E-state index contributed by atoms with van der Waals surface area (Å²) in [5.74, 6) is 1.01. The minimum Gasteiger partial charge on any atom is -0.370 e. The number of hydrogen-bond acceptors (Lipinski definition) is 4. The first kappa shape index (κ1) is 20.4. The van der Waals surface area contributed by atoms with Crippen molar-refractivity contribution in [1.82, 2.24) is 24.9 Å². The highest BCUT2D eigenvalue weighted by molar-refractivity contribution is 14.0. The van der Waals surface area contributed by atoms with Crippen molar-refractivity contribution in [2.24, 2.45) is 12.0 Å². The fourth-order valence-electron chi connectivity index (χ4n) is 3.48. The summed E-state index contributed by atoms with van der Waals surface area (Å²) < 4.78 is 7.77. The Bertz CT molecular complexity index is 563. The third-order valence-electron chi connectivity index (χ3n) is 4.92. The molecule has 0 spiro atoms. The van der Waals surface area contributed by atoms with E-state index in [1.807, 2.05) is 24.1 Å². The van der Waals surface area contributed by atoms with Crippen molar-refractivity contribution in [2.45, 2.75) is 31.9 Å². The Hall–Kier alpha value is -0.870. The zero-order valence-corrected chi connectivity index (χ0v) is 17.8. The first-order valence-electron chi connectivity index (χ1n) is 9.01. The molecule has 0 aromatic carbocycles. The van der Waals surface area contributed by atoms with Gasteiger partial charge in [0.05, 0.1) is 25.9 Å². The smallest absolute Gasteiger partial charge is 0.194 e.